The summed E-state index contributed by atoms with van der Waals surface area (Å²) in [5.41, 5.74) is 1.76. The first-order chi connectivity index (χ1) is 12.1. The first-order valence-corrected chi connectivity index (χ1v) is 8.75. The lowest BCUT2D eigenvalue weighted by Gasteiger charge is -2.07. The van der Waals surface area contributed by atoms with Crippen LogP contribution in [0.15, 0.2) is 58.0 Å². The van der Waals surface area contributed by atoms with E-state index in [1.54, 1.807) is 50.3 Å². The van der Waals surface area contributed by atoms with Crippen LogP contribution in [-0.2, 0) is 9.53 Å². The molecular formula is C19H17NO4S. The van der Waals surface area contributed by atoms with Crippen molar-refractivity contribution in [1.29, 1.82) is 0 Å². The summed E-state index contributed by atoms with van der Waals surface area (Å²) in [7, 11) is 3.12. The number of methoxy groups -OCH3 is 2. The van der Waals surface area contributed by atoms with Gasteiger partial charge in [0.2, 0.25) is 5.90 Å². The predicted molar refractivity (Wildman–Crippen MR) is 98.4 cm³/mol. The van der Waals surface area contributed by atoms with Gasteiger partial charge in [-0.3, -0.25) is 0 Å². The molecule has 0 amide bonds. The molecule has 0 aliphatic carbocycles. The van der Waals surface area contributed by atoms with E-state index < -0.39 is 5.97 Å². The van der Waals surface area contributed by atoms with E-state index in [9.17, 15) is 4.79 Å². The molecular weight excluding hydrogens is 338 g/mol. The number of hydrogen-bond donors (Lipinski definition) is 0. The van der Waals surface area contributed by atoms with Gasteiger partial charge in [-0.05, 0) is 42.2 Å². The maximum absolute atomic E-state index is 12.1. The summed E-state index contributed by atoms with van der Waals surface area (Å²) >= 11 is 1.66. The van der Waals surface area contributed by atoms with Gasteiger partial charge < -0.3 is 14.2 Å². The van der Waals surface area contributed by atoms with Gasteiger partial charge in [-0.25, -0.2) is 9.79 Å². The van der Waals surface area contributed by atoms with Crippen molar-refractivity contribution in [2.45, 2.75) is 4.90 Å². The quantitative estimate of drug-likeness (QED) is 0.464. The van der Waals surface area contributed by atoms with Crippen LogP contribution in [-0.4, -0.2) is 32.3 Å². The fourth-order valence-corrected chi connectivity index (χ4v) is 2.73. The Morgan fingerprint density at radius 2 is 1.68 bits per heavy atom. The molecule has 6 heteroatoms. The minimum atomic E-state index is -0.481. The minimum absolute atomic E-state index is 0.231. The average Bonchev–Trinajstić information content (AvgIpc) is 3.02. The molecule has 128 valence electrons. The molecule has 0 saturated heterocycles. The van der Waals surface area contributed by atoms with Crippen LogP contribution in [0.2, 0.25) is 0 Å². The van der Waals surface area contributed by atoms with Crippen molar-refractivity contribution in [2.75, 3.05) is 20.5 Å². The molecule has 0 spiro atoms. The standard InChI is InChI=1S/C19H17NO4S/c1-22-14-9-13(10-15(11-14)23-2)18-20-17(19(21)24-18)8-12-4-6-16(25-3)7-5-12/h4-11H,1-3H3/b17-8-. The molecule has 0 N–H and O–H groups in total. The summed E-state index contributed by atoms with van der Waals surface area (Å²) in [5.74, 6) is 0.941. The Balaban J connectivity index is 1.93. The molecule has 2 aromatic rings. The largest absolute Gasteiger partial charge is 0.497 e. The van der Waals surface area contributed by atoms with E-state index in [1.807, 2.05) is 30.5 Å². The average molecular weight is 355 g/mol. The van der Waals surface area contributed by atoms with E-state index in [2.05, 4.69) is 4.99 Å². The zero-order valence-electron chi connectivity index (χ0n) is 14.1. The van der Waals surface area contributed by atoms with Crippen molar-refractivity contribution < 1.29 is 19.0 Å². The van der Waals surface area contributed by atoms with Crippen LogP contribution >= 0.6 is 11.8 Å². The highest BCUT2D eigenvalue weighted by molar-refractivity contribution is 7.98. The Bertz CT molecular complexity index is 834. The van der Waals surface area contributed by atoms with Crippen LogP contribution in [0.5, 0.6) is 11.5 Å². The van der Waals surface area contributed by atoms with Gasteiger partial charge in [0.05, 0.1) is 14.2 Å². The number of ether oxygens (including phenoxy) is 3. The van der Waals surface area contributed by atoms with Crippen molar-refractivity contribution in [1.82, 2.24) is 0 Å². The van der Waals surface area contributed by atoms with E-state index in [4.69, 9.17) is 14.2 Å². The Labute approximate surface area is 150 Å². The molecule has 1 aliphatic rings. The Kier molecular flexibility index (Phi) is 5.09. The lowest BCUT2D eigenvalue weighted by molar-refractivity contribution is -0.129. The maximum atomic E-state index is 12.1. The van der Waals surface area contributed by atoms with Crippen LogP contribution in [0.1, 0.15) is 11.1 Å². The lowest BCUT2D eigenvalue weighted by Crippen LogP contribution is -2.06. The van der Waals surface area contributed by atoms with Gasteiger partial charge in [-0.1, -0.05) is 12.1 Å². The zero-order chi connectivity index (χ0) is 17.8. The number of hydrogen-bond acceptors (Lipinski definition) is 6. The summed E-state index contributed by atoms with van der Waals surface area (Å²) in [4.78, 5) is 17.6. The van der Waals surface area contributed by atoms with Crippen molar-refractivity contribution in [2.24, 2.45) is 4.99 Å². The third-order valence-corrected chi connectivity index (χ3v) is 4.38. The monoisotopic (exact) mass is 355 g/mol. The molecule has 0 radical (unpaired) electrons. The first kappa shape index (κ1) is 17.1. The normalized spacial score (nSPS) is 15.1. The zero-order valence-corrected chi connectivity index (χ0v) is 14.9. The number of rotatable bonds is 5. The van der Waals surface area contributed by atoms with E-state index in [0.29, 0.717) is 17.1 Å². The second kappa shape index (κ2) is 7.44. The number of nitrogens with zero attached hydrogens (tertiary/aromatic N) is 1. The third kappa shape index (κ3) is 3.85. The molecule has 25 heavy (non-hydrogen) atoms. The van der Waals surface area contributed by atoms with Crippen molar-refractivity contribution in [3.63, 3.8) is 0 Å². The van der Waals surface area contributed by atoms with Crippen LogP contribution < -0.4 is 9.47 Å². The fraction of sp³-hybridized carbons (Fsp3) is 0.158. The van der Waals surface area contributed by atoms with Crippen LogP contribution in [0.25, 0.3) is 6.08 Å². The number of aliphatic imine (C=N–C) groups is 1. The fourth-order valence-electron chi connectivity index (χ4n) is 2.32. The smallest absolute Gasteiger partial charge is 0.363 e. The first-order valence-electron chi connectivity index (χ1n) is 7.53. The second-order valence-electron chi connectivity index (χ2n) is 5.21. The minimum Gasteiger partial charge on any atom is -0.497 e. The molecule has 0 aromatic heterocycles. The highest BCUT2D eigenvalue weighted by atomic mass is 32.2. The molecule has 0 fully saturated rings. The van der Waals surface area contributed by atoms with Crippen molar-refractivity contribution >= 4 is 29.7 Å². The molecule has 0 unspecified atom stereocenters. The van der Waals surface area contributed by atoms with Gasteiger partial charge in [0, 0.05) is 16.5 Å². The molecule has 3 rings (SSSR count). The van der Waals surface area contributed by atoms with Gasteiger partial charge in [0.15, 0.2) is 5.70 Å². The number of benzene rings is 2. The van der Waals surface area contributed by atoms with Crippen molar-refractivity contribution in [3.8, 4) is 11.5 Å². The van der Waals surface area contributed by atoms with E-state index in [0.717, 1.165) is 10.5 Å². The highest BCUT2D eigenvalue weighted by Gasteiger charge is 2.25. The Hall–Kier alpha value is -2.73. The summed E-state index contributed by atoms with van der Waals surface area (Å²) < 4.78 is 15.8. The Morgan fingerprint density at radius 3 is 2.24 bits per heavy atom. The molecule has 1 aliphatic heterocycles. The number of cyclic esters (lactones) is 1. The predicted octanol–water partition coefficient (Wildman–Crippen LogP) is 3.77. The lowest BCUT2D eigenvalue weighted by atomic mass is 10.2. The molecule has 1 heterocycles. The summed E-state index contributed by atoms with van der Waals surface area (Å²) in [6.45, 7) is 0. The number of carbonyl (C=O) groups excluding carboxylic acids is 1. The van der Waals surface area contributed by atoms with Crippen LogP contribution in [0, 0.1) is 0 Å². The number of thioether (sulfide) groups is 1. The summed E-state index contributed by atoms with van der Waals surface area (Å²) in [6, 6.07) is 13.1. The van der Waals surface area contributed by atoms with Gasteiger partial charge >= 0.3 is 5.97 Å². The van der Waals surface area contributed by atoms with E-state index in [1.165, 1.54) is 0 Å². The van der Waals surface area contributed by atoms with Gasteiger partial charge in [0.1, 0.15) is 11.5 Å². The molecule has 2 aromatic carbocycles. The van der Waals surface area contributed by atoms with Gasteiger partial charge in [-0.2, -0.15) is 0 Å². The molecule has 0 atom stereocenters. The number of carbonyl (C=O) groups is 1. The van der Waals surface area contributed by atoms with Crippen LogP contribution in [0.4, 0.5) is 0 Å². The second-order valence-corrected chi connectivity index (χ2v) is 6.09. The van der Waals surface area contributed by atoms with E-state index >= 15 is 0 Å². The van der Waals surface area contributed by atoms with Crippen LogP contribution in [0.3, 0.4) is 0 Å². The molecule has 0 saturated carbocycles. The van der Waals surface area contributed by atoms with E-state index in [-0.39, 0.29) is 11.6 Å². The molecule has 5 nitrogen and oxygen atoms in total. The van der Waals surface area contributed by atoms with Gasteiger partial charge in [-0.15, -0.1) is 11.8 Å². The van der Waals surface area contributed by atoms with Crippen molar-refractivity contribution in [3.05, 3.63) is 59.3 Å². The summed E-state index contributed by atoms with van der Waals surface area (Å²) in [6.07, 6.45) is 3.72. The van der Waals surface area contributed by atoms with Gasteiger partial charge in [0.25, 0.3) is 0 Å². The third-order valence-electron chi connectivity index (χ3n) is 3.64. The SMILES string of the molecule is COc1cc(OC)cc(C2=N/C(=C\c3ccc(SC)cc3)C(=O)O2)c1. The number of esters is 1. The Morgan fingerprint density at radius 1 is 1.04 bits per heavy atom. The highest BCUT2D eigenvalue weighted by Crippen LogP contribution is 2.26. The summed E-state index contributed by atoms with van der Waals surface area (Å²) in [5, 5.41) is 0. The maximum Gasteiger partial charge on any atom is 0.363 e. The molecule has 0 bridgehead atoms. The topological polar surface area (TPSA) is 57.1 Å².